The minimum Gasteiger partial charge on any atom is -0.490 e. The van der Waals surface area contributed by atoms with Crippen molar-refractivity contribution in [3.8, 4) is 5.75 Å². The molecule has 0 aromatic heterocycles. The molecule has 0 aliphatic carbocycles. The van der Waals surface area contributed by atoms with E-state index in [1.165, 1.54) is 5.56 Å². The van der Waals surface area contributed by atoms with E-state index in [0.29, 0.717) is 6.42 Å². The van der Waals surface area contributed by atoms with E-state index in [0.717, 1.165) is 11.3 Å². The summed E-state index contributed by atoms with van der Waals surface area (Å²) >= 11 is 0. The maximum Gasteiger partial charge on any atom is 0.306 e. The molecule has 0 N–H and O–H groups in total. The Kier molecular flexibility index (Phi) is 6.05. The molecule has 20 heavy (non-hydrogen) atoms. The highest BCUT2D eigenvalue weighted by Gasteiger charge is 2.19. The van der Waals surface area contributed by atoms with Crippen molar-refractivity contribution in [1.82, 2.24) is 0 Å². The lowest BCUT2D eigenvalue weighted by molar-refractivity contribution is -0.149. The van der Waals surface area contributed by atoms with Gasteiger partial charge in [0.05, 0.1) is 18.6 Å². The maximum absolute atomic E-state index is 11.7. The zero-order valence-electron chi connectivity index (χ0n) is 13.4. The quantitative estimate of drug-likeness (QED) is 0.736. The molecule has 0 spiro atoms. The maximum atomic E-state index is 11.7. The van der Waals surface area contributed by atoms with E-state index in [1.54, 1.807) is 0 Å². The molecular weight excluding hydrogens is 252 g/mol. The van der Waals surface area contributed by atoms with E-state index in [-0.39, 0.29) is 24.1 Å². The number of esters is 1. The van der Waals surface area contributed by atoms with Gasteiger partial charge in [0.25, 0.3) is 0 Å². The number of rotatable bonds is 6. The molecule has 0 saturated heterocycles. The molecule has 0 heterocycles. The highest BCUT2D eigenvalue weighted by Crippen LogP contribution is 2.23. The zero-order valence-corrected chi connectivity index (χ0v) is 13.4. The smallest absolute Gasteiger partial charge is 0.306 e. The molecule has 2 atom stereocenters. The standard InChI is InChI=1S/C17H26O3/c1-11(2)19-17(18)10-14(5)15(6)20-16-9-12(3)7-8-13(16)4/h7-9,11,14-15H,10H2,1-6H3. The third kappa shape index (κ3) is 5.24. The number of hydrogen-bond acceptors (Lipinski definition) is 3. The van der Waals surface area contributed by atoms with Crippen LogP contribution in [0.3, 0.4) is 0 Å². The fourth-order valence-corrected chi connectivity index (χ4v) is 1.89. The van der Waals surface area contributed by atoms with Crippen molar-refractivity contribution >= 4 is 5.97 Å². The molecule has 1 aromatic carbocycles. The average Bonchev–Trinajstić information content (AvgIpc) is 2.32. The summed E-state index contributed by atoms with van der Waals surface area (Å²) in [5, 5.41) is 0. The fraction of sp³-hybridized carbons (Fsp3) is 0.588. The van der Waals surface area contributed by atoms with Gasteiger partial charge in [0.2, 0.25) is 0 Å². The SMILES string of the molecule is Cc1ccc(C)c(OC(C)C(C)CC(=O)OC(C)C)c1. The van der Waals surface area contributed by atoms with Crippen molar-refractivity contribution in [3.05, 3.63) is 29.3 Å². The van der Waals surface area contributed by atoms with Crippen molar-refractivity contribution in [2.45, 2.75) is 60.2 Å². The summed E-state index contributed by atoms with van der Waals surface area (Å²) in [5.41, 5.74) is 2.28. The van der Waals surface area contributed by atoms with Crippen LogP contribution in [0.1, 0.15) is 45.2 Å². The van der Waals surface area contributed by atoms with Gasteiger partial charge >= 0.3 is 5.97 Å². The molecule has 3 nitrogen and oxygen atoms in total. The summed E-state index contributed by atoms with van der Waals surface area (Å²) in [6.07, 6.45) is 0.282. The summed E-state index contributed by atoms with van der Waals surface area (Å²) < 4.78 is 11.2. The summed E-state index contributed by atoms with van der Waals surface area (Å²) in [6, 6.07) is 6.15. The second kappa shape index (κ2) is 7.32. The fourth-order valence-electron chi connectivity index (χ4n) is 1.89. The van der Waals surface area contributed by atoms with Crippen LogP contribution in [-0.4, -0.2) is 18.2 Å². The lowest BCUT2D eigenvalue weighted by atomic mass is 10.0. The van der Waals surface area contributed by atoms with E-state index in [1.807, 2.05) is 47.6 Å². The van der Waals surface area contributed by atoms with Gasteiger partial charge in [-0.2, -0.15) is 0 Å². The third-order valence-corrected chi connectivity index (χ3v) is 3.31. The highest BCUT2D eigenvalue weighted by molar-refractivity contribution is 5.69. The second-order valence-electron chi connectivity index (χ2n) is 5.81. The van der Waals surface area contributed by atoms with Gasteiger partial charge in [0.15, 0.2) is 0 Å². The van der Waals surface area contributed by atoms with Crippen molar-refractivity contribution in [1.29, 1.82) is 0 Å². The van der Waals surface area contributed by atoms with E-state index in [4.69, 9.17) is 9.47 Å². The van der Waals surface area contributed by atoms with E-state index < -0.39 is 0 Å². The van der Waals surface area contributed by atoms with Crippen LogP contribution in [-0.2, 0) is 9.53 Å². The minimum atomic E-state index is -0.163. The van der Waals surface area contributed by atoms with E-state index >= 15 is 0 Å². The van der Waals surface area contributed by atoms with Crippen LogP contribution in [0.25, 0.3) is 0 Å². The lowest BCUT2D eigenvalue weighted by Gasteiger charge is -2.22. The molecule has 0 radical (unpaired) electrons. The van der Waals surface area contributed by atoms with Crippen molar-refractivity contribution < 1.29 is 14.3 Å². The van der Waals surface area contributed by atoms with Crippen LogP contribution in [0, 0.1) is 19.8 Å². The highest BCUT2D eigenvalue weighted by atomic mass is 16.5. The van der Waals surface area contributed by atoms with E-state index in [2.05, 4.69) is 12.1 Å². The van der Waals surface area contributed by atoms with Crippen molar-refractivity contribution in [3.63, 3.8) is 0 Å². The van der Waals surface area contributed by atoms with Gasteiger partial charge in [0.1, 0.15) is 5.75 Å². The van der Waals surface area contributed by atoms with Gasteiger partial charge in [-0.15, -0.1) is 0 Å². The molecule has 2 unspecified atom stereocenters. The molecule has 1 rings (SSSR count). The van der Waals surface area contributed by atoms with Gasteiger partial charge in [-0.05, 0) is 51.8 Å². The van der Waals surface area contributed by atoms with Crippen LogP contribution >= 0.6 is 0 Å². The second-order valence-corrected chi connectivity index (χ2v) is 5.81. The number of carbonyl (C=O) groups excluding carboxylic acids is 1. The molecule has 0 bridgehead atoms. The predicted molar refractivity (Wildman–Crippen MR) is 81.0 cm³/mol. The Morgan fingerprint density at radius 3 is 2.40 bits per heavy atom. The first-order valence-corrected chi connectivity index (χ1v) is 7.23. The van der Waals surface area contributed by atoms with Gasteiger partial charge in [-0.25, -0.2) is 0 Å². The molecule has 3 heteroatoms. The summed E-state index contributed by atoms with van der Waals surface area (Å²) in [6.45, 7) is 11.8. The number of aryl methyl sites for hydroxylation is 2. The van der Waals surface area contributed by atoms with Gasteiger partial charge in [-0.1, -0.05) is 19.1 Å². The predicted octanol–water partition coefficient (Wildman–Crippen LogP) is 4.05. The topological polar surface area (TPSA) is 35.5 Å². The molecular formula is C17H26O3. The molecule has 0 aliphatic rings. The summed E-state index contributed by atoms with van der Waals surface area (Å²) in [5.74, 6) is 0.839. The molecule has 0 aliphatic heterocycles. The van der Waals surface area contributed by atoms with E-state index in [9.17, 15) is 4.79 Å². The third-order valence-electron chi connectivity index (χ3n) is 3.31. The van der Waals surface area contributed by atoms with Crippen LogP contribution in [0.15, 0.2) is 18.2 Å². The monoisotopic (exact) mass is 278 g/mol. The Bertz CT molecular complexity index is 452. The van der Waals surface area contributed by atoms with Crippen LogP contribution in [0.5, 0.6) is 5.75 Å². The first-order chi connectivity index (χ1) is 9.29. The molecule has 0 saturated carbocycles. The van der Waals surface area contributed by atoms with Gasteiger partial charge in [0, 0.05) is 5.92 Å². The first-order valence-electron chi connectivity index (χ1n) is 7.23. The van der Waals surface area contributed by atoms with Crippen molar-refractivity contribution in [2.75, 3.05) is 0 Å². The molecule has 112 valence electrons. The van der Waals surface area contributed by atoms with Crippen LogP contribution in [0.4, 0.5) is 0 Å². The number of ether oxygens (including phenoxy) is 2. The minimum absolute atomic E-state index is 0.0322. The first kappa shape index (κ1) is 16.5. The average molecular weight is 278 g/mol. The largest absolute Gasteiger partial charge is 0.490 e. The number of benzene rings is 1. The van der Waals surface area contributed by atoms with Crippen molar-refractivity contribution in [2.24, 2.45) is 5.92 Å². The normalized spacial score (nSPS) is 13.9. The van der Waals surface area contributed by atoms with Crippen LogP contribution < -0.4 is 4.74 Å². The summed E-state index contributed by atoms with van der Waals surface area (Å²) in [7, 11) is 0. The Balaban J connectivity index is 2.59. The lowest BCUT2D eigenvalue weighted by Crippen LogP contribution is -2.25. The van der Waals surface area contributed by atoms with Crippen LogP contribution in [0.2, 0.25) is 0 Å². The summed E-state index contributed by atoms with van der Waals surface area (Å²) in [4.78, 5) is 11.7. The Morgan fingerprint density at radius 2 is 1.80 bits per heavy atom. The zero-order chi connectivity index (χ0) is 15.3. The Morgan fingerprint density at radius 1 is 1.15 bits per heavy atom. The molecule has 1 aromatic rings. The number of carbonyl (C=O) groups is 1. The molecule has 0 amide bonds. The Labute approximate surface area is 122 Å². The van der Waals surface area contributed by atoms with Gasteiger partial charge < -0.3 is 9.47 Å². The molecule has 0 fully saturated rings. The Hall–Kier alpha value is -1.51. The number of hydrogen-bond donors (Lipinski definition) is 0. The van der Waals surface area contributed by atoms with Gasteiger partial charge in [-0.3, -0.25) is 4.79 Å².